The monoisotopic (exact) mass is 285 g/mol. The molecule has 0 radical (unpaired) electrons. The van der Waals surface area contributed by atoms with E-state index in [0.29, 0.717) is 11.9 Å². The fraction of sp³-hybridized carbons (Fsp3) is 0.438. The van der Waals surface area contributed by atoms with Crippen molar-refractivity contribution in [3.05, 3.63) is 30.5 Å². The average molecular weight is 285 g/mol. The molecule has 0 aliphatic carbocycles. The lowest BCUT2D eigenvalue weighted by molar-refractivity contribution is 0.249. The van der Waals surface area contributed by atoms with Crippen LogP contribution in [0.25, 0.3) is 11.1 Å². The largest absolute Gasteiger partial charge is 0.384 e. The Bertz CT molecular complexity index is 596. The van der Waals surface area contributed by atoms with E-state index in [4.69, 9.17) is 5.73 Å². The summed E-state index contributed by atoms with van der Waals surface area (Å²) in [6.07, 6.45) is 4.21. The molecule has 21 heavy (non-hydrogen) atoms. The minimum atomic E-state index is 0.624. The third-order valence-electron chi connectivity index (χ3n) is 4.39. The first-order valence-corrected chi connectivity index (χ1v) is 7.46. The molecule has 5 heteroatoms. The van der Waals surface area contributed by atoms with Crippen molar-refractivity contribution in [2.24, 2.45) is 0 Å². The van der Waals surface area contributed by atoms with Crippen LogP contribution in [0.1, 0.15) is 12.8 Å². The fourth-order valence-electron chi connectivity index (χ4n) is 3.04. The van der Waals surface area contributed by atoms with Gasteiger partial charge in [0.25, 0.3) is 0 Å². The summed E-state index contributed by atoms with van der Waals surface area (Å²) in [4.78, 5) is 4.79. The zero-order chi connectivity index (χ0) is 14.8. The summed E-state index contributed by atoms with van der Waals surface area (Å²) >= 11 is 0. The van der Waals surface area contributed by atoms with E-state index in [9.17, 15) is 0 Å². The van der Waals surface area contributed by atoms with Gasteiger partial charge in [-0.15, -0.1) is 0 Å². The molecule has 0 unspecified atom stereocenters. The highest BCUT2D eigenvalue weighted by Gasteiger charge is 2.21. The minimum absolute atomic E-state index is 0.624. The number of hydrogen-bond donors (Lipinski definition) is 2. The Morgan fingerprint density at radius 3 is 2.67 bits per heavy atom. The van der Waals surface area contributed by atoms with Crippen LogP contribution in [0.4, 0.5) is 11.5 Å². The second-order valence-electron chi connectivity index (χ2n) is 5.93. The van der Waals surface area contributed by atoms with Gasteiger partial charge in [-0.05, 0) is 44.6 Å². The van der Waals surface area contributed by atoms with Crippen LogP contribution in [0, 0.1) is 0 Å². The highest BCUT2D eigenvalue weighted by Crippen LogP contribution is 2.29. The zero-order valence-corrected chi connectivity index (χ0v) is 12.7. The molecule has 0 bridgehead atoms. The number of hydrogen-bond acceptors (Lipinski definition) is 4. The molecular formula is C16H23N5. The summed E-state index contributed by atoms with van der Waals surface area (Å²) < 4.78 is 0. The maximum Gasteiger partial charge on any atom is 0.126 e. The molecule has 2 heterocycles. The highest BCUT2D eigenvalue weighted by atomic mass is 15.2. The topological polar surface area (TPSA) is 61.2 Å². The Kier molecular flexibility index (Phi) is 3.84. The van der Waals surface area contributed by atoms with E-state index in [1.54, 1.807) is 6.20 Å². The Hall–Kier alpha value is -2.01. The van der Waals surface area contributed by atoms with E-state index < -0.39 is 0 Å². The Labute approximate surface area is 125 Å². The van der Waals surface area contributed by atoms with Crippen molar-refractivity contribution in [1.82, 2.24) is 15.1 Å². The van der Waals surface area contributed by atoms with Gasteiger partial charge >= 0.3 is 0 Å². The van der Waals surface area contributed by atoms with Gasteiger partial charge in [0.05, 0.1) is 6.20 Å². The molecule has 1 saturated heterocycles. The second kappa shape index (κ2) is 5.77. The first-order valence-electron chi connectivity index (χ1n) is 7.46. The first kappa shape index (κ1) is 13.9. The molecule has 1 fully saturated rings. The van der Waals surface area contributed by atoms with Crippen molar-refractivity contribution >= 4 is 11.5 Å². The van der Waals surface area contributed by atoms with Gasteiger partial charge in [0.15, 0.2) is 0 Å². The summed E-state index contributed by atoms with van der Waals surface area (Å²) in [7, 11) is 4.34. The van der Waals surface area contributed by atoms with E-state index in [-0.39, 0.29) is 0 Å². The predicted octanol–water partition coefficient (Wildman–Crippen LogP) is 2.19. The number of nitrogens with two attached hydrogens (primary N) is 1. The Morgan fingerprint density at radius 2 is 2.05 bits per heavy atom. The van der Waals surface area contributed by atoms with Crippen LogP contribution in [-0.2, 0) is 0 Å². The van der Waals surface area contributed by atoms with Crippen LogP contribution in [0.5, 0.6) is 0 Å². The molecule has 3 rings (SSSR count). The van der Waals surface area contributed by atoms with Gasteiger partial charge in [-0.25, -0.2) is 0 Å². The van der Waals surface area contributed by atoms with E-state index in [2.05, 4.69) is 58.4 Å². The maximum atomic E-state index is 5.92. The van der Waals surface area contributed by atoms with Gasteiger partial charge in [-0.2, -0.15) is 5.10 Å². The molecule has 1 aromatic carbocycles. The smallest absolute Gasteiger partial charge is 0.126 e. The lowest BCUT2D eigenvalue weighted by atomic mass is 10.0. The Balaban J connectivity index is 1.77. The molecule has 0 amide bonds. The SMILES string of the molecule is CN(C)C1CCN(c2cccc(-c3cn[nH]c3N)c2)CC1. The maximum absolute atomic E-state index is 5.92. The summed E-state index contributed by atoms with van der Waals surface area (Å²) in [6.45, 7) is 2.21. The molecule has 0 saturated carbocycles. The summed E-state index contributed by atoms with van der Waals surface area (Å²) in [6, 6.07) is 9.26. The molecule has 1 aromatic heterocycles. The number of rotatable bonds is 3. The Morgan fingerprint density at radius 1 is 1.29 bits per heavy atom. The van der Waals surface area contributed by atoms with Crippen molar-refractivity contribution in [2.45, 2.75) is 18.9 Å². The number of aromatic nitrogens is 2. The minimum Gasteiger partial charge on any atom is -0.384 e. The normalized spacial score (nSPS) is 16.6. The van der Waals surface area contributed by atoms with Crippen molar-refractivity contribution in [3.63, 3.8) is 0 Å². The van der Waals surface area contributed by atoms with Crippen molar-refractivity contribution in [2.75, 3.05) is 37.8 Å². The number of aromatic amines is 1. The van der Waals surface area contributed by atoms with Crippen LogP contribution in [-0.4, -0.2) is 48.3 Å². The first-order chi connectivity index (χ1) is 10.1. The van der Waals surface area contributed by atoms with Gasteiger partial charge in [-0.3, -0.25) is 5.10 Å². The molecule has 2 aromatic rings. The lowest BCUT2D eigenvalue weighted by Gasteiger charge is -2.36. The third-order valence-corrected chi connectivity index (χ3v) is 4.39. The van der Waals surface area contributed by atoms with Gasteiger partial charge in [0, 0.05) is 30.4 Å². The van der Waals surface area contributed by atoms with E-state index in [0.717, 1.165) is 24.2 Å². The second-order valence-corrected chi connectivity index (χ2v) is 5.93. The number of H-pyrrole nitrogens is 1. The quantitative estimate of drug-likeness (QED) is 0.907. The van der Waals surface area contributed by atoms with Crippen LogP contribution in [0.15, 0.2) is 30.5 Å². The van der Waals surface area contributed by atoms with Crippen molar-refractivity contribution in [3.8, 4) is 11.1 Å². The summed E-state index contributed by atoms with van der Waals surface area (Å²) in [5.74, 6) is 0.624. The van der Waals surface area contributed by atoms with Crippen LogP contribution in [0.2, 0.25) is 0 Å². The summed E-state index contributed by atoms with van der Waals surface area (Å²) in [5.41, 5.74) is 9.28. The number of benzene rings is 1. The molecule has 0 spiro atoms. The predicted molar refractivity (Wildman–Crippen MR) is 87.4 cm³/mol. The number of piperidine rings is 1. The molecule has 5 nitrogen and oxygen atoms in total. The molecule has 0 atom stereocenters. The van der Waals surface area contributed by atoms with Crippen molar-refractivity contribution < 1.29 is 0 Å². The average Bonchev–Trinajstić information content (AvgIpc) is 2.94. The molecule has 112 valence electrons. The number of nitrogen functional groups attached to an aromatic ring is 1. The number of nitrogens with one attached hydrogen (secondary N) is 1. The number of anilines is 2. The van der Waals surface area contributed by atoms with Crippen LogP contribution in [0.3, 0.4) is 0 Å². The zero-order valence-electron chi connectivity index (χ0n) is 12.7. The van der Waals surface area contributed by atoms with Gasteiger partial charge in [-0.1, -0.05) is 12.1 Å². The van der Waals surface area contributed by atoms with Gasteiger partial charge < -0.3 is 15.5 Å². The van der Waals surface area contributed by atoms with Gasteiger partial charge in [0.2, 0.25) is 0 Å². The number of nitrogens with zero attached hydrogens (tertiary/aromatic N) is 3. The molecular weight excluding hydrogens is 262 g/mol. The molecule has 1 aliphatic heterocycles. The standard InChI is InChI=1S/C16H23N5/c1-20(2)13-6-8-21(9-7-13)14-5-3-4-12(10-14)15-11-18-19-16(15)17/h3-5,10-11,13H,6-9H2,1-2H3,(H3,17,18,19). The van der Waals surface area contributed by atoms with E-state index >= 15 is 0 Å². The lowest BCUT2D eigenvalue weighted by Crippen LogP contribution is -2.41. The molecule has 1 aliphatic rings. The van der Waals surface area contributed by atoms with Crippen LogP contribution < -0.4 is 10.6 Å². The van der Waals surface area contributed by atoms with Crippen LogP contribution >= 0.6 is 0 Å². The third kappa shape index (κ3) is 2.88. The van der Waals surface area contributed by atoms with Gasteiger partial charge in [0.1, 0.15) is 5.82 Å². The highest BCUT2D eigenvalue weighted by molar-refractivity contribution is 5.75. The van der Waals surface area contributed by atoms with E-state index in [1.807, 2.05) is 0 Å². The van der Waals surface area contributed by atoms with E-state index in [1.165, 1.54) is 18.5 Å². The fourth-order valence-corrected chi connectivity index (χ4v) is 3.04. The van der Waals surface area contributed by atoms with Crippen molar-refractivity contribution in [1.29, 1.82) is 0 Å². The summed E-state index contributed by atoms with van der Waals surface area (Å²) in [5, 5.41) is 6.79. The molecule has 3 N–H and O–H groups in total.